The number of H-pyrrole nitrogens is 1. The number of amides is 1. The monoisotopic (exact) mass is 475 g/mol. The molecule has 8 heteroatoms. The van der Waals surface area contributed by atoms with Gasteiger partial charge in [0.05, 0.1) is 20.3 Å². The molecule has 2 heterocycles. The number of rotatable bonds is 6. The number of aromatic nitrogens is 2. The second kappa shape index (κ2) is 8.76. The average molecular weight is 476 g/mol. The summed E-state index contributed by atoms with van der Waals surface area (Å²) in [7, 11) is 3.22. The minimum absolute atomic E-state index is 0.0316. The van der Waals surface area contributed by atoms with Crippen LogP contribution in [-0.2, 0) is 6.54 Å². The van der Waals surface area contributed by atoms with Gasteiger partial charge in [-0.25, -0.2) is 0 Å². The zero-order chi connectivity index (χ0) is 23.8. The van der Waals surface area contributed by atoms with Crippen LogP contribution in [0.25, 0.3) is 11.3 Å². The number of fused-ring (bicyclic) bond motifs is 1. The van der Waals surface area contributed by atoms with E-state index in [0.29, 0.717) is 39.8 Å². The molecule has 0 saturated carbocycles. The topological polar surface area (TPSA) is 87.7 Å². The van der Waals surface area contributed by atoms with Crippen molar-refractivity contribution in [3.05, 3.63) is 94.1 Å². The number of benzene rings is 3. The Bertz CT molecular complexity index is 1370. The lowest BCUT2D eigenvalue weighted by molar-refractivity contribution is 0.0730. The van der Waals surface area contributed by atoms with Crippen LogP contribution in [0, 0.1) is 0 Å². The van der Waals surface area contributed by atoms with E-state index >= 15 is 0 Å². The van der Waals surface area contributed by atoms with Gasteiger partial charge < -0.3 is 19.5 Å². The lowest BCUT2D eigenvalue weighted by Gasteiger charge is -2.27. The molecule has 1 unspecified atom stereocenters. The number of nitrogens with zero attached hydrogens (tertiary/aromatic N) is 2. The molecular weight excluding hydrogens is 454 g/mol. The van der Waals surface area contributed by atoms with Gasteiger partial charge in [0.2, 0.25) is 0 Å². The number of carbonyl (C=O) groups excluding carboxylic acids is 1. The minimum atomic E-state index is -0.452. The number of carbonyl (C=O) groups is 1. The Kier molecular flexibility index (Phi) is 5.63. The fourth-order valence-electron chi connectivity index (χ4n) is 4.35. The number of nitrogens with one attached hydrogen (secondary N) is 1. The van der Waals surface area contributed by atoms with E-state index in [1.54, 1.807) is 31.3 Å². The molecule has 4 aromatic rings. The van der Waals surface area contributed by atoms with Gasteiger partial charge in [-0.3, -0.25) is 9.89 Å². The van der Waals surface area contributed by atoms with E-state index in [1.807, 2.05) is 48.5 Å². The maximum Gasteiger partial charge on any atom is 0.273 e. The molecule has 0 saturated heterocycles. The van der Waals surface area contributed by atoms with Gasteiger partial charge >= 0.3 is 0 Å². The van der Waals surface area contributed by atoms with Gasteiger partial charge in [0, 0.05) is 22.7 Å². The highest BCUT2D eigenvalue weighted by Gasteiger charge is 2.42. The highest BCUT2D eigenvalue weighted by atomic mass is 35.5. The normalized spacial score (nSPS) is 14.9. The van der Waals surface area contributed by atoms with E-state index in [2.05, 4.69) is 10.2 Å². The highest BCUT2D eigenvalue weighted by molar-refractivity contribution is 6.31. The zero-order valence-electron chi connectivity index (χ0n) is 18.6. The van der Waals surface area contributed by atoms with Gasteiger partial charge in [-0.1, -0.05) is 35.9 Å². The van der Waals surface area contributed by atoms with Crippen LogP contribution < -0.4 is 9.47 Å². The number of halogens is 1. The van der Waals surface area contributed by atoms with Crippen molar-refractivity contribution in [3.63, 3.8) is 0 Å². The first-order chi connectivity index (χ1) is 16.5. The van der Waals surface area contributed by atoms with E-state index in [1.165, 1.54) is 6.07 Å². The van der Waals surface area contributed by atoms with Crippen LogP contribution in [0.4, 0.5) is 0 Å². The Morgan fingerprint density at radius 1 is 1.03 bits per heavy atom. The predicted molar refractivity (Wildman–Crippen MR) is 128 cm³/mol. The summed E-state index contributed by atoms with van der Waals surface area (Å²) in [6, 6.07) is 19.5. The van der Waals surface area contributed by atoms with E-state index in [-0.39, 0.29) is 11.7 Å². The number of hydrogen-bond donors (Lipinski definition) is 2. The van der Waals surface area contributed by atoms with Crippen LogP contribution in [0.2, 0.25) is 5.02 Å². The van der Waals surface area contributed by atoms with E-state index in [4.69, 9.17) is 21.1 Å². The van der Waals surface area contributed by atoms with Crippen molar-refractivity contribution < 1.29 is 19.4 Å². The van der Waals surface area contributed by atoms with E-state index in [9.17, 15) is 9.90 Å². The summed E-state index contributed by atoms with van der Waals surface area (Å²) in [4.78, 5) is 15.4. The van der Waals surface area contributed by atoms with Crippen molar-refractivity contribution in [2.24, 2.45) is 0 Å². The van der Waals surface area contributed by atoms with Crippen molar-refractivity contribution in [1.82, 2.24) is 15.1 Å². The Labute approximate surface area is 201 Å². The summed E-state index contributed by atoms with van der Waals surface area (Å²) in [5, 5.41) is 18.3. The van der Waals surface area contributed by atoms with Crippen molar-refractivity contribution in [2.45, 2.75) is 12.6 Å². The fraction of sp³-hybridized carbons (Fsp3) is 0.154. The standard InChI is InChI=1S/C26H22ClN3O4/c1-33-18-9-6-15(7-10-18)14-30-25(16-4-3-5-19(12-16)34-2)22-23(28-29-24(22)26(30)32)20-13-17(27)8-11-21(20)31/h3-13,25,31H,14H2,1-2H3,(H,28,29). The summed E-state index contributed by atoms with van der Waals surface area (Å²) in [5.74, 6) is 1.27. The molecule has 34 heavy (non-hydrogen) atoms. The van der Waals surface area contributed by atoms with E-state index in [0.717, 1.165) is 16.9 Å². The van der Waals surface area contributed by atoms with Crippen molar-refractivity contribution in [2.75, 3.05) is 14.2 Å². The quantitative estimate of drug-likeness (QED) is 0.400. The molecule has 1 aliphatic rings. The first-order valence-corrected chi connectivity index (χ1v) is 11.0. The molecule has 1 aromatic heterocycles. The molecule has 0 radical (unpaired) electrons. The van der Waals surface area contributed by atoms with Gasteiger partial charge in [-0.15, -0.1) is 0 Å². The number of phenolic OH excluding ortho intramolecular Hbond substituents is 1. The number of phenols is 1. The summed E-state index contributed by atoms with van der Waals surface area (Å²) in [6.45, 7) is 0.369. The second-order valence-electron chi connectivity index (χ2n) is 7.98. The number of methoxy groups -OCH3 is 2. The summed E-state index contributed by atoms with van der Waals surface area (Å²) < 4.78 is 10.7. The maximum atomic E-state index is 13.6. The molecule has 0 bridgehead atoms. The third-order valence-corrected chi connectivity index (χ3v) is 6.23. The van der Waals surface area contributed by atoms with Crippen molar-refractivity contribution in [1.29, 1.82) is 0 Å². The molecule has 172 valence electrons. The van der Waals surface area contributed by atoms with Gasteiger partial charge in [0.1, 0.15) is 28.6 Å². The molecule has 0 fully saturated rings. The third kappa shape index (κ3) is 3.74. The molecule has 5 rings (SSSR count). The molecule has 1 amide bonds. The van der Waals surface area contributed by atoms with Crippen molar-refractivity contribution in [3.8, 4) is 28.5 Å². The zero-order valence-corrected chi connectivity index (χ0v) is 19.3. The van der Waals surface area contributed by atoms with Crippen LogP contribution in [0.15, 0.2) is 66.7 Å². The number of hydrogen-bond acceptors (Lipinski definition) is 5. The molecule has 0 aliphatic carbocycles. The van der Waals surface area contributed by atoms with Crippen LogP contribution in [0.3, 0.4) is 0 Å². The van der Waals surface area contributed by atoms with Crippen LogP contribution >= 0.6 is 11.6 Å². The van der Waals surface area contributed by atoms with Gasteiger partial charge in [-0.05, 0) is 53.6 Å². The summed E-state index contributed by atoms with van der Waals surface area (Å²) in [6.07, 6.45) is 0. The minimum Gasteiger partial charge on any atom is -0.507 e. The van der Waals surface area contributed by atoms with Crippen LogP contribution in [0.5, 0.6) is 17.2 Å². The largest absolute Gasteiger partial charge is 0.507 e. The SMILES string of the molecule is COc1ccc(CN2C(=O)c3[nH]nc(-c4cc(Cl)ccc4O)c3C2c2cccc(OC)c2)cc1. The Morgan fingerprint density at radius 2 is 1.79 bits per heavy atom. The number of aromatic hydroxyl groups is 1. The summed E-state index contributed by atoms with van der Waals surface area (Å²) >= 11 is 6.21. The third-order valence-electron chi connectivity index (χ3n) is 6.00. The van der Waals surface area contributed by atoms with Gasteiger partial charge in [0.25, 0.3) is 5.91 Å². The van der Waals surface area contributed by atoms with Crippen LogP contribution in [-0.4, -0.2) is 40.3 Å². The smallest absolute Gasteiger partial charge is 0.273 e. The first kappa shape index (κ1) is 21.9. The van der Waals surface area contributed by atoms with Gasteiger partial charge in [-0.2, -0.15) is 5.10 Å². The van der Waals surface area contributed by atoms with Crippen LogP contribution in [0.1, 0.15) is 33.2 Å². The maximum absolute atomic E-state index is 13.6. The molecule has 3 aromatic carbocycles. The Hall–Kier alpha value is -3.97. The number of ether oxygens (including phenoxy) is 2. The lowest BCUT2D eigenvalue weighted by atomic mass is 9.95. The highest BCUT2D eigenvalue weighted by Crippen LogP contribution is 2.46. The van der Waals surface area contributed by atoms with E-state index < -0.39 is 6.04 Å². The fourth-order valence-corrected chi connectivity index (χ4v) is 4.52. The molecule has 1 atom stereocenters. The number of aromatic amines is 1. The average Bonchev–Trinajstić information content (AvgIpc) is 3.40. The predicted octanol–water partition coefficient (Wildman–Crippen LogP) is 5.20. The molecule has 7 nitrogen and oxygen atoms in total. The van der Waals surface area contributed by atoms with Gasteiger partial charge in [0.15, 0.2) is 0 Å². The molecule has 2 N–H and O–H groups in total. The summed E-state index contributed by atoms with van der Waals surface area (Å²) in [5.41, 5.74) is 3.82. The Balaban J connectivity index is 1.65. The molecule has 0 spiro atoms. The van der Waals surface area contributed by atoms with Crippen molar-refractivity contribution >= 4 is 17.5 Å². The lowest BCUT2D eigenvalue weighted by Crippen LogP contribution is -2.29. The molecular formula is C26H22ClN3O4. The Morgan fingerprint density at radius 3 is 2.53 bits per heavy atom. The first-order valence-electron chi connectivity index (χ1n) is 10.6. The second-order valence-corrected chi connectivity index (χ2v) is 8.42. The molecule has 1 aliphatic heterocycles.